The molecular weight excluding hydrogens is 299 g/mol. The van der Waals surface area contributed by atoms with Crippen LogP contribution >= 0.6 is 23.2 Å². The fraction of sp³-hybridized carbons (Fsp3) is 0.429. The largest absolute Gasteiger partial charge is 0.340 e. The minimum absolute atomic E-state index is 0.0151. The van der Waals surface area contributed by atoms with E-state index in [1.165, 1.54) is 4.90 Å². The maximum Gasteiger partial charge on any atom is 0.245 e. The number of carbonyl (C=O) groups is 2. The van der Waals surface area contributed by atoms with Gasteiger partial charge < -0.3 is 9.80 Å². The normalized spacial score (nSPS) is 18.5. The Kier molecular flexibility index (Phi) is 4.55. The zero-order valence-corrected chi connectivity index (χ0v) is 12.9. The molecule has 0 spiro atoms. The van der Waals surface area contributed by atoms with Crippen LogP contribution < -0.4 is 0 Å². The predicted octanol–water partition coefficient (Wildman–Crippen LogP) is 2.57. The number of nitrogens with zero attached hydrogens (tertiary/aromatic N) is 2. The van der Waals surface area contributed by atoms with Crippen LogP contribution in [-0.2, 0) is 16.1 Å². The minimum Gasteiger partial charge on any atom is -0.340 e. The molecule has 0 saturated carbocycles. The van der Waals surface area contributed by atoms with Crippen molar-refractivity contribution in [3.63, 3.8) is 0 Å². The Balaban J connectivity index is 2.06. The summed E-state index contributed by atoms with van der Waals surface area (Å²) < 4.78 is 0. The van der Waals surface area contributed by atoms with Gasteiger partial charge in [0, 0.05) is 37.1 Å². The fourth-order valence-corrected chi connectivity index (χ4v) is 2.80. The monoisotopic (exact) mass is 314 g/mol. The Bertz CT molecular complexity index is 548. The molecule has 2 amide bonds. The van der Waals surface area contributed by atoms with Gasteiger partial charge in [-0.2, -0.15) is 0 Å². The molecule has 108 valence electrons. The molecular formula is C14H16Cl2N2O2. The van der Waals surface area contributed by atoms with Crippen LogP contribution in [0.3, 0.4) is 0 Å². The molecule has 4 nitrogen and oxygen atoms in total. The number of hydrogen-bond acceptors (Lipinski definition) is 2. The van der Waals surface area contributed by atoms with E-state index in [1.54, 1.807) is 37.2 Å². The molecule has 1 aromatic carbocycles. The van der Waals surface area contributed by atoms with E-state index in [-0.39, 0.29) is 17.9 Å². The maximum absolute atomic E-state index is 12.3. The summed E-state index contributed by atoms with van der Waals surface area (Å²) in [4.78, 5) is 26.9. The van der Waals surface area contributed by atoms with Crippen molar-refractivity contribution in [2.45, 2.75) is 25.4 Å². The standard InChI is InChI=1S/C14H16Cl2N2O2/c1-17(8-9-3-4-10(15)7-11(9)16)14(20)12-5-6-13(19)18(12)2/h3-4,7,12H,5-6,8H2,1-2H3/t12-/m0/s1. The van der Waals surface area contributed by atoms with Crippen molar-refractivity contribution in [1.29, 1.82) is 0 Å². The molecule has 1 aromatic rings. The molecule has 0 aliphatic carbocycles. The summed E-state index contributed by atoms with van der Waals surface area (Å²) in [6, 6.07) is 4.84. The molecule has 1 aliphatic heterocycles. The molecule has 0 bridgehead atoms. The summed E-state index contributed by atoms with van der Waals surface area (Å²) in [7, 11) is 3.38. The van der Waals surface area contributed by atoms with Crippen molar-refractivity contribution in [3.05, 3.63) is 33.8 Å². The molecule has 1 saturated heterocycles. The summed E-state index contributed by atoms with van der Waals surface area (Å²) >= 11 is 11.9. The van der Waals surface area contributed by atoms with Gasteiger partial charge in [0.2, 0.25) is 11.8 Å². The molecule has 0 unspecified atom stereocenters. The summed E-state index contributed by atoms with van der Waals surface area (Å²) in [5, 5.41) is 1.10. The third kappa shape index (κ3) is 3.07. The van der Waals surface area contributed by atoms with Gasteiger partial charge >= 0.3 is 0 Å². The number of halogens is 2. The maximum atomic E-state index is 12.3. The van der Waals surface area contributed by atoms with Gasteiger partial charge in [0.1, 0.15) is 6.04 Å². The van der Waals surface area contributed by atoms with Gasteiger partial charge in [0.05, 0.1) is 0 Å². The van der Waals surface area contributed by atoms with Crippen molar-refractivity contribution in [2.75, 3.05) is 14.1 Å². The number of likely N-dealkylation sites (tertiary alicyclic amines) is 1. The number of amides is 2. The quantitative estimate of drug-likeness (QED) is 0.860. The first-order chi connectivity index (χ1) is 9.40. The van der Waals surface area contributed by atoms with E-state index in [0.29, 0.717) is 29.4 Å². The Labute approximate surface area is 128 Å². The van der Waals surface area contributed by atoms with Crippen molar-refractivity contribution in [1.82, 2.24) is 9.80 Å². The van der Waals surface area contributed by atoms with Crippen LogP contribution in [0.5, 0.6) is 0 Å². The number of rotatable bonds is 3. The van der Waals surface area contributed by atoms with Gasteiger partial charge in [-0.3, -0.25) is 9.59 Å². The van der Waals surface area contributed by atoms with Crippen LogP contribution in [0.15, 0.2) is 18.2 Å². The van der Waals surface area contributed by atoms with Crippen LogP contribution in [0.4, 0.5) is 0 Å². The lowest BCUT2D eigenvalue weighted by atomic mass is 10.1. The van der Waals surface area contributed by atoms with Crippen LogP contribution in [0.1, 0.15) is 18.4 Å². The van der Waals surface area contributed by atoms with Crippen molar-refractivity contribution in [3.8, 4) is 0 Å². The van der Waals surface area contributed by atoms with Gasteiger partial charge in [-0.1, -0.05) is 29.3 Å². The molecule has 0 aromatic heterocycles. The van der Waals surface area contributed by atoms with E-state index >= 15 is 0 Å². The van der Waals surface area contributed by atoms with E-state index in [0.717, 1.165) is 5.56 Å². The molecule has 2 rings (SSSR count). The Hall–Kier alpha value is -1.26. The molecule has 1 atom stereocenters. The lowest BCUT2D eigenvalue weighted by molar-refractivity contribution is -0.139. The van der Waals surface area contributed by atoms with Crippen molar-refractivity contribution < 1.29 is 9.59 Å². The molecule has 1 fully saturated rings. The zero-order valence-electron chi connectivity index (χ0n) is 11.4. The number of hydrogen-bond donors (Lipinski definition) is 0. The van der Waals surface area contributed by atoms with Crippen LogP contribution in [0.25, 0.3) is 0 Å². The van der Waals surface area contributed by atoms with E-state index < -0.39 is 0 Å². The summed E-state index contributed by atoms with van der Waals surface area (Å²) in [6.45, 7) is 0.396. The lowest BCUT2D eigenvalue weighted by Crippen LogP contribution is -2.43. The Morgan fingerprint density at radius 1 is 1.45 bits per heavy atom. The highest BCUT2D eigenvalue weighted by atomic mass is 35.5. The molecule has 6 heteroatoms. The average Bonchev–Trinajstić information content (AvgIpc) is 2.72. The Morgan fingerprint density at radius 3 is 2.70 bits per heavy atom. The first kappa shape index (κ1) is 15.1. The highest BCUT2D eigenvalue weighted by Crippen LogP contribution is 2.23. The third-order valence-corrected chi connectivity index (χ3v) is 4.16. The summed E-state index contributed by atoms with van der Waals surface area (Å²) in [6.07, 6.45) is 1.01. The van der Waals surface area contributed by atoms with E-state index in [1.807, 2.05) is 0 Å². The molecule has 1 aliphatic rings. The zero-order chi connectivity index (χ0) is 14.9. The topological polar surface area (TPSA) is 40.6 Å². The predicted molar refractivity (Wildman–Crippen MR) is 78.7 cm³/mol. The molecule has 0 radical (unpaired) electrons. The summed E-state index contributed by atoms with van der Waals surface area (Å²) in [5.41, 5.74) is 0.832. The van der Waals surface area contributed by atoms with Crippen LogP contribution in [0, 0.1) is 0 Å². The number of likely N-dealkylation sites (N-methyl/N-ethyl adjacent to an activating group) is 2. The lowest BCUT2D eigenvalue weighted by Gasteiger charge is -2.25. The smallest absolute Gasteiger partial charge is 0.245 e. The first-order valence-corrected chi connectivity index (χ1v) is 7.10. The van der Waals surface area contributed by atoms with Gasteiger partial charge in [-0.15, -0.1) is 0 Å². The van der Waals surface area contributed by atoms with Gasteiger partial charge in [-0.05, 0) is 24.1 Å². The summed E-state index contributed by atoms with van der Waals surface area (Å²) in [5.74, 6) is -0.0503. The molecule has 0 N–H and O–H groups in total. The van der Waals surface area contributed by atoms with Gasteiger partial charge in [0.15, 0.2) is 0 Å². The van der Waals surface area contributed by atoms with Crippen molar-refractivity contribution in [2.24, 2.45) is 0 Å². The second-order valence-electron chi connectivity index (χ2n) is 4.99. The van der Waals surface area contributed by atoms with Crippen LogP contribution in [-0.4, -0.2) is 41.8 Å². The average molecular weight is 315 g/mol. The molecule has 1 heterocycles. The first-order valence-electron chi connectivity index (χ1n) is 6.34. The number of carbonyl (C=O) groups excluding carboxylic acids is 2. The second-order valence-corrected chi connectivity index (χ2v) is 5.83. The van der Waals surface area contributed by atoms with Gasteiger partial charge in [0.25, 0.3) is 0 Å². The van der Waals surface area contributed by atoms with E-state index in [9.17, 15) is 9.59 Å². The SMILES string of the molecule is CN(Cc1ccc(Cl)cc1Cl)C(=O)[C@@H]1CCC(=O)N1C. The second kappa shape index (κ2) is 6.02. The van der Waals surface area contributed by atoms with E-state index in [4.69, 9.17) is 23.2 Å². The Morgan fingerprint density at radius 2 is 2.15 bits per heavy atom. The fourth-order valence-electron chi connectivity index (χ4n) is 2.33. The van der Waals surface area contributed by atoms with Crippen LogP contribution in [0.2, 0.25) is 10.0 Å². The number of benzene rings is 1. The third-order valence-electron chi connectivity index (χ3n) is 3.58. The van der Waals surface area contributed by atoms with Crippen molar-refractivity contribution >= 4 is 35.0 Å². The van der Waals surface area contributed by atoms with E-state index in [2.05, 4.69) is 0 Å². The minimum atomic E-state index is -0.362. The highest BCUT2D eigenvalue weighted by molar-refractivity contribution is 6.35. The van der Waals surface area contributed by atoms with Gasteiger partial charge in [-0.25, -0.2) is 0 Å². The molecule has 20 heavy (non-hydrogen) atoms. The highest BCUT2D eigenvalue weighted by Gasteiger charge is 2.34.